The summed E-state index contributed by atoms with van der Waals surface area (Å²) in [5.74, 6) is -1.04. The van der Waals surface area contributed by atoms with Crippen molar-refractivity contribution < 1.29 is 27.9 Å². The number of rotatable bonds is 3. The van der Waals surface area contributed by atoms with Crippen LogP contribution in [0.1, 0.15) is 19.8 Å². The number of urea groups is 1. The molecule has 0 radical (unpaired) electrons. The van der Waals surface area contributed by atoms with Crippen molar-refractivity contribution in [1.82, 2.24) is 10.2 Å². The van der Waals surface area contributed by atoms with Crippen molar-refractivity contribution in [3.63, 3.8) is 0 Å². The van der Waals surface area contributed by atoms with Gasteiger partial charge < -0.3 is 20.1 Å². The van der Waals surface area contributed by atoms with E-state index in [2.05, 4.69) is 5.32 Å². The minimum atomic E-state index is -3.06. The maximum absolute atomic E-state index is 12.0. The number of carboxylic acids is 1. The zero-order valence-electron chi connectivity index (χ0n) is 11.8. The largest absolute Gasteiger partial charge is 0.479 e. The van der Waals surface area contributed by atoms with E-state index in [4.69, 9.17) is 9.84 Å². The molecular weight excluding hydrogens is 300 g/mol. The fraction of sp³-hybridized carbons (Fsp3) is 0.833. The summed E-state index contributed by atoms with van der Waals surface area (Å²) in [6, 6.07) is -0.695. The quantitative estimate of drug-likeness (QED) is 0.721. The number of ether oxygens (including phenoxy) is 1. The fourth-order valence-corrected chi connectivity index (χ4v) is 4.20. The first-order valence-electron chi connectivity index (χ1n) is 6.91. The number of hydrogen-bond acceptors (Lipinski definition) is 5. The zero-order chi connectivity index (χ0) is 15.6. The standard InChI is InChI=1S/C12H20N2O6S/c1-8-7-21(18,19)5-4-14(8)12(17)13-6-9-2-3-10(20-9)11(15)16/h8-10H,2-7H2,1H3,(H,13,17)(H,15,16). The van der Waals surface area contributed by atoms with E-state index in [1.54, 1.807) is 6.92 Å². The Bertz CT molecular complexity index is 520. The lowest BCUT2D eigenvalue weighted by atomic mass is 10.2. The minimum absolute atomic E-state index is 0.0220. The van der Waals surface area contributed by atoms with E-state index in [1.165, 1.54) is 4.90 Å². The maximum Gasteiger partial charge on any atom is 0.332 e. The SMILES string of the molecule is CC1CS(=O)(=O)CCN1C(=O)NCC1CCC(C(=O)O)O1. The van der Waals surface area contributed by atoms with Crippen LogP contribution in [0, 0.1) is 0 Å². The molecule has 2 fully saturated rings. The second-order valence-corrected chi connectivity index (χ2v) is 7.73. The van der Waals surface area contributed by atoms with Crippen LogP contribution >= 0.6 is 0 Å². The van der Waals surface area contributed by atoms with Gasteiger partial charge in [0.15, 0.2) is 15.9 Å². The number of carboxylic acid groups (broad SMARTS) is 1. The van der Waals surface area contributed by atoms with Gasteiger partial charge in [-0.3, -0.25) is 0 Å². The van der Waals surface area contributed by atoms with Crippen molar-refractivity contribution in [3.05, 3.63) is 0 Å². The van der Waals surface area contributed by atoms with Gasteiger partial charge in [-0.15, -0.1) is 0 Å². The smallest absolute Gasteiger partial charge is 0.332 e. The molecule has 2 aliphatic rings. The number of hydrogen-bond donors (Lipinski definition) is 2. The van der Waals surface area contributed by atoms with Crippen LogP contribution in [0.3, 0.4) is 0 Å². The van der Waals surface area contributed by atoms with Gasteiger partial charge >= 0.3 is 12.0 Å². The third-order valence-electron chi connectivity index (χ3n) is 3.80. The van der Waals surface area contributed by atoms with Gasteiger partial charge in [-0.05, 0) is 19.8 Å². The zero-order valence-corrected chi connectivity index (χ0v) is 12.6. The highest BCUT2D eigenvalue weighted by Gasteiger charge is 2.33. The number of carbonyl (C=O) groups is 2. The van der Waals surface area contributed by atoms with Gasteiger partial charge in [0.05, 0.1) is 17.6 Å². The van der Waals surface area contributed by atoms with Gasteiger partial charge in [0.2, 0.25) is 0 Å². The van der Waals surface area contributed by atoms with Crippen molar-refractivity contribution >= 4 is 21.8 Å². The summed E-state index contributed by atoms with van der Waals surface area (Å²) in [6.07, 6.45) is -0.0834. The fourth-order valence-electron chi connectivity index (χ4n) is 2.64. The summed E-state index contributed by atoms with van der Waals surface area (Å²) in [5.41, 5.74) is 0. The summed E-state index contributed by atoms with van der Waals surface area (Å²) in [5, 5.41) is 11.5. The van der Waals surface area contributed by atoms with Crippen LogP contribution in [0.5, 0.6) is 0 Å². The van der Waals surface area contributed by atoms with Crippen LogP contribution in [0.25, 0.3) is 0 Å². The second kappa shape index (κ2) is 6.18. The summed E-state index contributed by atoms with van der Waals surface area (Å²) in [4.78, 5) is 24.3. The highest BCUT2D eigenvalue weighted by Crippen LogP contribution is 2.19. The van der Waals surface area contributed by atoms with E-state index in [1.807, 2.05) is 0 Å². The topological polar surface area (TPSA) is 113 Å². The van der Waals surface area contributed by atoms with E-state index in [0.29, 0.717) is 12.8 Å². The monoisotopic (exact) mass is 320 g/mol. The van der Waals surface area contributed by atoms with E-state index in [9.17, 15) is 18.0 Å². The van der Waals surface area contributed by atoms with Gasteiger partial charge in [0.1, 0.15) is 0 Å². The molecule has 0 bridgehead atoms. The van der Waals surface area contributed by atoms with Crippen LogP contribution in [-0.4, -0.2) is 73.3 Å². The first kappa shape index (κ1) is 16.0. The molecule has 2 saturated heterocycles. The highest BCUT2D eigenvalue weighted by molar-refractivity contribution is 7.91. The Labute approximate surface area is 123 Å². The Morgan fingerprint density at radius 2 is 2.10 bits per heavy atom. The van der Waals surface area contributed by atoms with Crippen LogP contribution in [-0.2, 0) is 19.4 Å². The molecule has 120 valence electrons. The van der Waals surface area contributed by atoms with E-state index >= 15 is 0 Å². The number of nitrogens with one attached hydrogen (secondary N) is 1. The molecule has 2 rings (SSSR count). The number of aliphatic carboxylic acids is 1. The van der Waals surface area contributed by atoms with Gasteiger partial charge in [-0.2, -0.15) is 0 Å². The van der Waals surface area contributed by atoms with Crippen LogP contribution in [0.2, 0.25) is 0 Å². The average Bonchev–Trinajstić information content (AvgIpc) is 2.83. The van der Waals surface area contributed by atoms with Gasteiger partial charge in [-0.1, -0.05) is 0 Å². The van der Waals surface area contributed by atoms with E-state index < -0.39 is 21.9 Å². The molecule has 2 amide bonds. The first-order valence-corrected chi connectivity index (χ1v) is 8.74. The van der Waals surface area contributed by atoms with Gasteiger partial charge in [-0.25, -0.2) is 18.0 Å². The third kappa shape index (κ3) is 4.07. The van der Waals surface area contributed by atoms with Crippen LogP contribution < -0.4 is 5.32 Å². The number of nitrogens with zero attached hydrogens (tertiary/aromatic N) is 1. The lowest BCUT2D eigenvalue weighted by Crippen LogP contribution is -2.54. The number of amides is 2. The normalized spacial score (nSPS) is 31.9. The molecule has 0 spiro atoms. The third-order valence-corrected chi connectivity index (χ3v) is 5.59. The lowest BCUT2D eigenvalue weighted by Gasteiger charge is -2.33. The van der Waals surface area contributed by atoms with E-state index in [-0.39, 0.29) is 42.8 Å². The van der Waals surface area contributed by atoms with Crippen molar-refractivity contribution in [2.45, 2.75) is 38.0 Å². The maximum atomic E-state index is 12.0. The molecule has 8 nitrogen and oxygen atoms in total. The van der Waals surface area contributed by atoms with Crippen LogP contribution in [0.15, 0.2) is 0 Å². The molecule has 0 aliphatic carbocycles. The summed E-state index contributed by atoms with van der Waals surface area (Å²) in [7, 11) is -3.06. The Hall–Kier alpha value is -1.35. The molecule has 0 aromatic carbocycles. The predicted molar refractivity (Wildman–Crippen MR) is 73.8 cm³/mol. The van der Waals surface area contributed by atoms with Gasteiger partial charge in [0, 0.05) is 19.1 Å². The highest BCUT2D eigenvalue weighted by atomic mass is 32.2. The average molecular weight is 320 g/mol. The van der Waals surface area contributed by atoms with E-state index in [0.717, 1.165) is 0 Å². The molecule has 0 aromatic heterocycles. The molecule has 3 unspecified atom stereocenters. The molecule has 2 N–H and O–H groups in total. The van der Waals surface area contributed by atoms with Crippen LogP contribution in [0.4, 0.5) is 4.79 Å². The second-order valence-electron chi connectivity index (χ2n) is 5.51. The molecular formula is C12H20N2O6S. The Kier molecular flexibility index (Phi) is 4.72. The van der Waals surface area contributed by atoms with Crippen molar-refractivity contribution in [1.29, 1.82) is 0 Å². The summed E-state index contributed by atoms with van der Waals surface area (Å²) in [6.45, 7) is 2.11. The molecule has 0 saturated carbocycles. The molecule has 21 heavy (non-hydrogen) atoms. The predicted octanol–water partition coefficient (Wildman–Crippen LogP) is -0.553. The molecule has 9 heteroatoms. The summed E-state index contributed by atoms with van der Waals surface area (Å²) >= 11 is 0. The molecule has 2 aliphatic heterocycles. The Morgan fingerprint density at radius 1 is 1.38 bits per heavy atom. The molecule has 0 aromatic rings. The number of sulfone groups is 1. The minimum Gasteiger partial charge on any atom is -0.479 e. The van der Waals surface area contributed by atoms with Crippen molar-refractivity contribution in [2.75, 3.05) is 24.6 Å². The molecule has 2 heterocycles. The molecule has 3 atom stereocenters. The van der Waals surface area contributed by atoms with Crippen molar-refractivity contribution in [2.24, 2.45) is 0 Å². The summed E-state index contributed by atoms with van der Waals surface area (Å²) < 4.78 is 28.2. The number of carbonyl (C=O) groups excluding carboxylic acids is 1. The Morgan fingerprint density at radius 3 is 2.67 bits per heavy atom. The van der Waals surface area contributed by atoms with Gasteiger partial charge in [0.25, 0.3) is 0 Å². The van der Waals surface area contributed by atoms with Crippen molar-refractivity contribution in [3.8, 4) is 0 Å². The lowest BCUT2D eigenvalue weighted by molar-refractivity contribution is -0.149. The first-order chi connectivity index (χ1) is 9.78. The Balaban J connectivity index is 1.79.